The molecule has 6 heteroatoms. The molecule has 0 radical (unpaired) electrons. The zero-order chi connectivity index (χ0) is 25.6. The summed E-state index contributed by atoms with van der Waals surface area (Å²) in [5.74, 6) is 0. The summed E-state index contributed by atoms with van der Waals surface area (Å²) in [5, 5.41) is 38.7. The Labute approximate surface area is 215 Å². The molecule has 0 aromatic carbocycles. The van der Waals surface area contributed by atoms with E-state index in [4.69, 9.17) is 9.47 Å². The number of aliphatic hydroxyl groups is 4. The van der Waals surface area contributed by atoms with Crippen molar-refractivity contribution < 1.29 is 29.9 Å². The van der Waals surface area contributed by atoms with Crippen LogP contribution in [-0.4, -0.2) is 64.3 Å². The SMILES string of the molecule is CCCCCCCCCCCCCCCCCCCCCCCO[C@H]1O[C@@H](CO)[C@H](O)[C@@H](O)[C@@H]1O. The maximum atomic E-state index is 9.95. The fraction of sp³-hybridized carbons (Fsp3) is 1.00. The Bertz CT molecular complexity index is 447. The average Bonchev–Trinajstić information content (AvgIpc) is 2.86. The van der Waals surface area contributed by atoms with Crippen molar-refractivity contribution >= 4 is 0 Å². The largest absolute Gasteiger partial charge is 0.394 e. The summed E-state index contributed by atoms with van der Waals surface area (Å²) in [6.07, 6.45) is 22.3. The molecule has 35 heavy (non-hydrogen) atoms. The molecule has 0 spiro atoms. The Morgan fingerprint density at radius 3 is 1.26 bits per heavy atom. The van der Waals surface area contributed by atoms with Gasteiger partial charge in [-0.3, -0.25) is 0 Å². The zero-order valence-electron chi connectivity index (χ0n) is 22.8. The predicted octanol–water partition coefficient (Wildman–Crippen LogP) is 6.01. The minimum atomic E-state index is -1.37. The lowest BCUT2D eigenvalue weighted by Crippen LogP contribution is -2.59. The topological polar surface area (TPSA) is 99.4 Å². The van der Waals surface area contributed by atoms with Gasteiger partial charge in [0.1, 0.15) is 24.4 Å². The van der Waals surface area contributed by atoms with Crippen LogP contribution < -0.4 is 0 Å². The maximum absolute atomic E-state index is 9.95. The highest BCUT2D eigenvalue weighted by Crippen LogP contribution is 2.22. The van der Waals surface area contributed by atoms with Crippen molar-refractivity contribution in [2.75, 3.05) is 13.2 Å². The molecular weight excluding hydrogens is 444 g/mol. The average molecular weight is 503 g/mol. The van der Waals surface area contributed by atoms with Crippen LogP contribution >= 0.6 is 0 Å². The molecular formula is C29H58O6. The molecule has 0 amide bonds. The van der Waals surface area contributed by atoms with Crippen LogP contribution in [0.5, 0.6) is 0 Å². The van der Waals surface area contributed by atoms with E-state index in [-0.39, 0.29) is 0 Å². The standard InChI is InChI=1S/C29H58O6/c1-2-3-4-5-6-7-8-9-10-11-12-13-14-15-16-17-18-19-20-21-22-23-34-29-28(33)27(32)26(31)25(24-30)35-29/h25-33H,2-24H2,1H3/t25-,26-,27+,28-,29-/m0/s1. The van der Waals surface area contributed by atoms with Gasteiger partial charge in [-0.05, 0) is 6.42 Å². The number of hydrogen-bond acceptors (Lipinski definition) is 6. The molecule has 6 nitrogen and oxygen atoms in total. The van der Waals surface area contributed by atoms with E-state index >= 15 is 0 Å². The lowest BCUT2D eigenvalue weighted by atomic mass is 9.99. The molecule has 1 aliphatic heterocycles. The predicted molar refractivity (Wildman–Crippen MR) is 142 cm³/mol. The van der Waals surface area contributed by atoms with E-state index in [0.717, 1.165) is 12.8 Å². The number of ether oxygens (including phenoxy) is 2. The fourth-order valence-corrected chi connectivity index (χ4v) is 4.94. The summed E-state index contributed by atoms with van der Waals surface area (Å²) in [4.78, 5) is 0. The summed E-state index contributed by atoms with van der Waals surface area (Å²) in [6.45, 7) is 2.29. The smallest absolute Gasteiger partial charge is 0.186 e. The molecule has 0 unspecified atom stereocenters. The van der Waals surface area contributed by atoms with Crippen LogP contribution in [0.2, 0.25) is 0 Å². The summed E-state index contributed by atoms with van der Waals surface area (Å²) < 4.78 is 10.9. The Morgan fingerprint density at radius 2 is 0.886 bits per heavy atom. The van der Waals surface area contributed by atoms with Crippen LogP contribution in [0.25, 0.3) is 0 Å². The number of rotatable bonds is 24. The van der Waals surface area contributed by atoms with Gasteiger partial charge in [0.2, 0.25) is 0 Å². The van der Waals surface area contributed by atoms with Crippen molar-refractivity contribution in [3.05, 3.63) is 0 Å². The van der Waals surface area contributed by atoms with E-state index in [2.05, 4.69) is 6.92 Å². The molecule has 4 N–H and O–H groups in total. The van der Waals surface area contributed by atoms with Gasteiger partial charge in [-0.15, -0.1) is 0 Å². The van der Waals surface area contributed by atoms with Crippen molar-refractivity contribution in [2.45, 2.75) is 172 Å². The molecule has 0 bridgehead atoms. The van der Waals surface area contributed by atoms with Crippen LogP contribution in [0.1, 0.15) is 142 Å². The van der Waals surface area contributed by atoms with Gasteiger partial charge in [-0.1, -0.05) is 135 Å². The first-order valence-electron chi connectivity index (χ1n) is 15.0. The van der Waals surface area contributed by atoms with Gasteiger partial charge in [-0.25, -0.2) is 0 Å². The van der Waals surface area contributed by atoms with E-state index < -0.39 is 37.3 Å². The van der Waals surface area contributed by atoms with Crippen LogP contribution in [-0.2, 0) is 9.47 Å². The molecule has 1 fully saturated rings. The zero-order valence-corrected chi connectivity index (χ0v) is 22.8. The lowest BCUT2D eigenvalue weighted by Gasteiger charge is -2.39. The molecule has 0 aromatic rings. The summed E-state index contributed by atoms with van der Waals surface area (Å²) in [6, 6.07) is 0. The minimum absolute atomic E-state index is 0.426. The van der Waals surface area contributed by atoms with Gasteiger partial charge in [-0.2, -0.15) is 0 Å². The second kappa shape index (κ2) is 22.9. The van der Waals surface area contributed by atoms with Gasteiger partial charge in [0, 0.05) is 6.61 Å². The van der Waals surface area contributed by atoms with E-state index in [9.17, 15) is 20.4 Å². The van der Waals surface area contributed by atoms with Crippen molar-refractivity contribution in [2.24, 2.45) is 0 Å². The monoisotopic (exact) mass is 502 g/mol. The van der Waals surface area contributed by atoms with E-state index in [0.29, 0.717) is 6.61 Å². The molecule has 210 valence electrons. The number of hydrogen-bond donors (Lipinski definition) is 4. The Hall–Kier alpha value is -0.240. The van der Waals surface area contributed by atoms with E-state index in [1.807, 2.05) is 0 Å². The lowest BCUT2D eigenvalue weighted by molar-refractivity contribution is -0.301. The summed E-state index contributed by atoms with van der Waals surface area (Å²) in [5.41, 5.74) is 0. The van der Waals surface area contributed by atoms with E-state index in [1.54, 1.807) is 0 Å². The highest BCUT2D eigenvalue weighted by atomic mass is 16.7. The van der Waals surface area contributed by atoms with Crippen molar-refractivity contribution in [1.82, 2.24) is 0 Å². The van der Waals surface area contributed by atoms with Gasteiger partial charge >= 0.3 is 0 Å². The van der Waals surface area contributed by atoms with Gasteiger partial charge < -0.3 is 29.9 Å². The molecule has 5 atom stereocenters. The first-order chi connectivity index (χ1) is 17.1. The Morgan fingerprint density at radius 1 is 0.514 bits per heavy atom. The molecule has 1 aliphatic rings. The quantitative estimate of drug-likeness (QED) is 0.121. The Kier molecular flexibility index (Phi) is 21.5. The van der Waals surface area contributed by atoms with Crippen LogP contribution in [0, 0.1) is 0 Å². The van der Waals surface area contributed by atoms with Crippen LogP contribution in [0.4, 0.5) is 0 Å². The summed E-state index contributed by atoms with van der Waals surface area (Å²) >= 11 is 0. The third-order valence-electron chi connectivity index (χ3n) is 7.38. The molecule has 0 saturated carbocycles. The molecule has 0 aliphatic carbocycles. The van der Waals surface area contributed by atoms with Crippen molar-refractivity contribution in [3.8, 4) is 0 Å². The summed E-state index contributed by atoms with van der Waals surface area (Å²) in [7, 11) is 0. The van der Waals surface area contributed by atoms with Gasteiger partial charge in [0.25, 0.3) is 0 Å². The molecule has 0 aromatic heterocycles. The van der Waals surface area contributed by atoms with Crippen molar-refractivity contribution in [1.29, 1.82) is 0 Å². The third kappa shape index (κ3) is 16.3. The second-order valence-corrected chi connectivity index (χ2v) is 10.6. The highest BCUT2D eigenvalue weighted by Gasteiger charge is 2.43. The fourth-order valence-electron chi connectivity index (χ4n) is 4.94. The molecule has 1 rings (SSSR count). The minimum Gasteiger partial charge on any atom is -0.394 e. The first kappa shape index (κ1) is 32.8. The highest BCUT2D eigenvalue weighted by molar-refractivity contribution is 4.88. The second-order valence-electron chi connectivity index (χ2n) is 10.6. The first-order valence-corrected chi connectivity index (χ1v) is 15.0. The number of aliphatic hydroxyl groups excluding tert-OH is 4. The van der Waals surface area contributed by atoms with Gasteiger partial charge in [0.05, 0.1) is 6.61 Å². The Balaban J connectivity index is 1.78. The number of unbranched alkanes of at least 4 members (excludes halogenated alkanes) is 20. The van der Waals surface area contributed by atoms with Crippen molar-refractivity contribution in [3.63, 3.8) is 0 Å². The molecule has 1 saturated heterocycles. The normalized spacial score (nSPS) is 24.8. The van der Waals surface area contributed by atoms with E-state index in [1.165, 1.54) is 122 Å². The van der Waals surface area contributed by atoms with Gasteiger partial charge in [0.15, 0.2) is 6.29 Å². The van der Waals surface area contributed by atoms with Crippen LogP contribution in [0.3, 0.4) is 0 Å². The third-order valence-corrected chi connectivity index (χ3v) is 7.38. The van der Waals surface area contributed by atoms with Crippen LogP contribution in [0.15, 0.2) is 0 Å². The maximum Gasteiger partial charge on any atom is 0.186 e. The molecule has 1 heterocycles.